The fourth-order valence-corrected chi connectivity index (χ4v) is 4.31. The predicted molar refractivity (Wildman–Crippen MR) is 69.9 cm³/mol. The average Bonchev–Trinajstić information content (AvgIpc) is 2.70. The first kappa shape index (κ1) is 13.5. The summed E-state index contributed by atoms with van der Waals surface area (Å²) in [5.41, 5.74) is 0. The van der Waals surface area contributed by atoms with Crippen LogP contribution in [0.25, 0.3) is 0 Å². The molecule has 2 N–H and O–H groups in total. The zero-order chi connectivity index (χ0) is 13.0. The van der Waals surface area contributed by atoms with Gasteiger partial charge < -0.3 is 5.32 Å². The molecule has 0 radical (unpaired) electrons. The van der Waals surface area contributed by atoms with Crippen LogP contribution in [0.2, 0.25) is 0 Å². The molecular weight excluding hydrogens is 270 g/mol. The molecule has 1 aliphatic heterocycles. The third kappa shape index (κ3) is 3.29. The van der Waals surface area contributed by atoms with Gasteiger partial charge in [0.2, 0.25) is 10.0 Å². The van der Waals surface area contributed by atoms with Crippen LogP contribution >= 0.6 is 11.3 Å². The largest absolute Gasteiger partial charge is 0.315 e. The van der Waals surface area contributed by atoms with Crippen LogP contribution in [0.15, 0.2) is 16.3 Å². The van der Waals surface area contributed by atoms with Crippen molar-refractivity contribution in [3.8, 4) is 6.07 Å². The van der Waals surface area contributed by atoms with Crippen LogP contribution in [0, 0.1) is 11.3 Å². The zero-order valence-corrected chi connectivity index (χ0v) is 11.5. The number of nitrogens with zero attached hydrogens (tertiary/aromatic N) is 1. The number of rotatable bonds is 3. The van der Waals surface area contributed by atoms with Gasteiger partial charge in [0.15, 0.2) is 0 Å². The second-order valence-corrected chi connectivity index (χ2v) is 7.27. The minimum atomic E-state index is -3.49. The third-order valence-electron chi connectivity index (χ3n) is 2.83. The average molecular weight is 285 g/mol. The minimum Gasteiger partial charge on any atom is -0.315 e. The van der Waals surface area contributed by atoms with Gasteiger partial charge in [-0.15, -0.1) is 11.3 Å². The Hall–Kier alpha value is -0.940. The Labute approximate surface area is 111 Å². The van der Waals surface area contributed by atoms with E-state index in [2.05, 4.69) is 10.0 Å². The summed E-state index contributed by atoms with van der Waals surface area (Å²) in [6.07, 6.45) is 2.95. The van der Waals surface area contributed by atoms with Gasteiger partial charge in [0.05, 0.1) is 0 Å². The lowest BCUT2D eigenvalue weighted by molar-refractivity contribution is 0.522. The fourth-order valence-electron chi connectivity index (χ4n) is 1.92. The summed E-state index contributed by atoms with van der Waals surface area (Å²) in [5, 5.41) is 11.9. The minimum absolute atomic E-state index is 0.0647. The molecule has 18 heavy (non-hydrogen) atoms. The van der Waals surface area contributed by atoms with Crippen molar-refractivity contribution in [1.29, 1.82) is 5.26 Å². The summed E-state index contributed by atoms with van der Waals surface area (Å²) in [6, 6.07) is 4.90. The van der Waals surface area contributed by atoms with Gasteiger partial charge in [0, 0.05) is 12.6 Å². The second-order valence-electron chi connectivity index (χ2n) is 4.25. The van der Waals surface area contributed by atoms with E-state index in [0.29, 0.717) is 11.4 Å². The topological polar surface area (TPSA) is 82.0 Å². The van der Waals surface area contributed by atoms with E-state index in [1.54, 1.807) is 0 Å². The maximum Gasteiger partial charge on any atom is 0.250 e. The monoisotopic (exact) mass is 285 g/mol. The molecule has 1 unspecified atom stereocenters. The first-order valence-corrected chi connectivity index (χ1v) is 8.15. The van der Waals surface area contributed by atoms with Crippen molar-refractivity contribution in [3.63, 3.8) is 0 Å². The van der Waals surface area contributed by atoms with Crippen molar-refractivity contribution < 1.29 is 8.42 Å². The van der Waals surface area contributed by atoms with Gasteiger partial charge in [-0.05, 0) is 31.5 Å². The van der Waals surface area contributed by atoms with E-state index < -0.39 is 10.0 Å². The number of nitriles is 1. The maximum absolute atomic E-state index is 12.1. The summed E-state index contributed by atoms with van der Waals surface area (Å²) in [4.78, 5) is 0.411. The van der Waals surface area contributed by atoms with E-state index in [4.69, 9.17) is 5.26 Å². The summed E-state index contributed by atoms with van der Waals surface area (Å²) < 4.78 is 27.1. The van der Waals surface area contributed by atoms with Crippen LogP contribution in [0.3, 0.4) is 0 Å². The van der Waals surface area contributed by atoms with Gasteiger partial charge in [-0.25, -0.2) is 13.1 Å². The van der Waals surface area contributed by atoms with Crippen molar-refractivity contribution in [2.75, 3.05) is 13.1 Å². The molecule has 7 heteroatoms. The number of hydrogen-bond acceptors (Lipinski definition) is 5. The first-order valence-electron chi connectivity index (χ1n) is 5.85. The van der Waals surface area contributed by atoms with Gasteiger partial charge in [0.25, 0.3) is 0 Å². The molecule has 1 saturated heterocycles. The maximum atomic E-state index is 12.1. The highest BCUT2D eigenvalue weighted by atomic mass is 32.2. The lowest BCUT2D eigenvalue weighted by Crippen LogP contribution is -2.40. The van der Waals surface area contributed by atoms with E-state index in [-0.39, 0.29) is 10.3 Å². The molecule has 0 saturated carbocycles. The number of thiophene rings is 1. The molecule has 1 aromatic heterocycles. The van der Waals surface area contributed by atoms with E-state index in [1.807, 2.05) is 6.07 Å². The fraction of sp³-hybridized carbons (Fsp3) is 0.545. The van der Waals surface area contributed by atoms with Crippen LogP contribution < -0.4 is 10.0 Å². The SMILES string of the molecule is N#Cc1ccc(S(=O)(=O)NC2CCCCNC2)s1. The van der Waals surface area contributed by atoms with Crippen molar-refractivity contribution in [2.45, 2.75) is 29.5 Å². The molecule has 2 rings (SSSR count). The van der Waals surface area contributed by atoms with Crippen LogP contribution in [0.1, 0.15) is 24.1 Å². The summed E-state index contributed by atoms with van der Waals surface area (Å²) in [5.74, 6) is 0. The van der Waals surface area contributed by atoms with Gasteiger partial charge >= 0.3 is 0 Å². The molecule has 0 aromatic carbocycles. The van der Waals surface area contributed by atoms with Crippen molar-refractivity contribution in [3.05, 3.63) is 17.0 Å². The van der Waals surface area contributed by atoms with E-state index in [9.17, 15) is 8.42 Å². The van der Waals surface area contributed by atoms with Crippen LogP contribution in [-0.2, 0) is 10.0 Å². The normalized spacial score (nSPS) is 21.2. The Balaban J connectivity index is 2.09. The van der Waals surface area contributed by atoms with Crippen molar-refractivity contribution in [1.82, 2.24) is 10.0 Å². The first-order chi connectivity index (χ1) is 8.62. The summed E-state index contributed by atoms with van der Waals surface area (Å²) in [6.45, 7) is 1.60. The molecule has 98 valence electrons. The summed E-state index contributed by atoms with van der Waals surface area (Å²) in [7, 11) is -3.49. The van der Waals surface area contributed by atoms with E-state index >= 15 is 0 Å². The Kier molecular flexibility index (Phi) is 4.35. The Morgan fingerprint density at radius 1 is 1.44 bits per heavy atom. The van der Waals surface area contributed by atoms with Gasteiger partial charge in [-0.3, -0.25) is 0 Å². The lowest BCUT2D eigenvalue weighted by Gasteiger charge is -2.15. The summed E-state index contributed by atoms with van der Waals surface area (Å²) >= 11 is 1.00. The zero-order valence-electron chi connectivity index (χ0n) is 9.85. The molecule has 0 bridgehead atoms. The molecule has 5 nitrogen and oxygen atoms in total. The van der Waals surface area contributed by atoms with Gasteiger partial charge in [0.1, 0.15) is 15.2 Å². The highest BCUT2D eigenvalue weighted by molar-refractivity contribution is 7.91. The number of nitrogens with one attached hydrogen (secondary N) is 2. The van der Waals surface area contributed by atoms with Crippen molar-refractivity contribution in [2.24, 2.45) is 0 Å². The molecule has 2 heterocycles. The molecule has 1 aromatic rings. The van der Waals surface area contributed by atoms with Crippen LogP contribution in [-0.4, -0.2) is 27.5 Å². The molecule has 1 aliphatic rings. The standard InChI is InChI=1S/C11H15N3O2S2/c12-7-10-4-5-11(17-10)18(15,16)14-9-3-1-2-6-13-8-9/h4-5,9,13-14H,1-3,6,8H2. The number of sulfonamides is 1. The smallest absolute Gasteiger partial charge is 0.250 e. The van der Waals surface area contributed by atoms with E-state index in [0.717, 1.165) is 37.1 Å². The van der Waals surface area contributed by atoms with Gasteiger partial charge in [-0.2, -0.15) is 5.26 Å². The van der Waals surface area contributed by atoms with Crippen LogP contribution in [0.5, 0.6) is 0 Å². The molecule has 0 amide bonds. The van der Waals surface area contributed by atoms with Gasteiger partial charge in [-0.1, -0.05) is 6.42 Å². The highest BCUT2D eigenvalue weighted by Crippen LogP contribution is 2.21. The second kappa shape index (κ2) is 5.80. The Morgan fingerprint density at radius 3 is 3.00 bits per heavy atom. The Bertz CT molecular complexity index is 537. The molecule has 1 fully saturated rings. The highest BCUT2D eigenvalue weighted by Gasteiger charge is 2.22. The van der Waals surface area contributed by atoms with Crippen molar-refractivity contribution >= 4 is 21.4 Å². The van der Waals surface area contributed by atoms with Crippen LogP contribution in [0.4, 0.5) is 0 Å². The third-order valence-corrected chi connectivity index (χ3v) is 5.83. The quantitative estimate of drug-likeness (QED) is 0.869. The molecule has 0 aliphatic carbocycles. The molecule has 0 spiro atoms. The lowest BCUT2D eigenvalue weighted by atomic mass is 10.2. The Morgan fingerprint density at radius 2 is 2.28 bits per heavy atom. The van der Waals surface area contributed by atoms with E-state index in [1.165, 1.54) is 12.1 Å². The molecular formula is C11H15N3O2S2. The number of hydrogen-bond donors (Lipinski definition) is 2. The molecule has 1 atom stereocenters. The predicted octanol–water partition coefficient (Wildman–Crippen LogP) is 1.04.